The maximum atomic E-state index is 5.47. The zero-order valence-corrected chi connectivity index (χ0v) is 7.38. The highest BCUT2D eigenvalue weighted by atomic mass is 16.5. The minimum atomic E-state index is 0.784. The average molecular weight is 157 g/mol. The molecule has 0 aromatic carbocycles. The molecule has 2 unspecified atom stereocenters. The third kappa shape index (κ3) is 3.21. The Morgan fingerprint density at radius 3 is 3.00 bits per heavy atom. The summed E-state index contributed by atoms with van der Waals surface area (Å²) in [6.45, 7) is 5.06. The molecule has 1 heterocycles. The van der Waals surface area contributed by atoms with Gasteiger partial charge in [-0.05, 0) is 37.6 Å². The predicted molar refractivity (Wildman–Crippen MR) is 46.4 cm³/mol. The molecule has 0 bridgehead atoms. The first-order valence-corrected chi connectivity index (χ1v) is 4.60. The Morgan fingerprint density at radius 1 is 1.64 bits per heavy atom. The van der Waals surface area contributed by atoms with Crippen molar-refractivity contribution in [1.82, 2.24) is 0 Å². The summed E-state index contributed by atoms with van der Waals surface area (Å²) in [5.74, 6) is 1.60. The highest BCUT2D eigenvalue weighted by Crippen LogP contribution is 2.22. The Bertz CT molecular complexity index is 99.7. The fourth-order valence-electron chi connectivity index (χ4n) is 1.74. The summed E-state index contributed by atoms with van der Waals surface area (Å²) in [7, 11) is 0. The quantitative estimate of drug-likeness (QED) is 0.669. The fourth-order valence-corrected chi connectivity index (χ4v) is 1.74. The van der Waals surface area contributed by atoms with E-state index in [1.807, 2.05) is 0 Å². The van der Waals surface area contributed by atoms with Crippen molar-refractivity contribution in [3.63, 3.8) is 0 Å². The molecule has 1 aliphatic heterocycles. The van der Waals surface area contributed by atoms with E-state index in [9.17, 15) is 0 Å². The Balaban J connectivity index is 2.08. The summed E-state index contributed by atoms with van der Waals surface area (Å²) in [4.78, 5) is 0. The molecule has 2 N–H and O–H groups in total. The smallest absolute Gasteiger partial charge is 0.0495 e. The van der Waals surface area contributed by atoms with E-state index in [2.05, 4.69) is 6.92 Å². The van der Waals surface area contributed by atoms with Crippen molar-refractivity contribution < 1.29 is 4.74 Å². The van der Waals surface area contributed by atoms with Crippen molar-refractivity contribution in [2.75, 3.05) is 19.8 Å². The molecule has 1 rings (SSSR count). The molecule has 2 atom stereocenters. The molecule has 0 spiro atoms. The molecule has 1 fully saturated rings. The van der Waals surface area contributed by atoms with Crippen molar-refractivity contribution in [3.05, 3.63) is 0 Å². The third-order valence-electron chi connectivity index (χ3n) is 2.42. The van der Waals surface area contributed by atoms with Crippen LogP contribution in [0, 0.1) is 11.8 Å². The van der Waals surface area contributed by atoms with Crippen LogP contribution in [0.15, 0.2) is 0 Å². The summed E-state index contributed by atoms with van der Waals surface area (Å²) in [6, 6.07) is 0. The lowest BCUT2D eigenvalue weighted by Gasteiger charge is -2.13. The molecular formula is C9H19NO. The van der Waals surface area contributed by atoms with Gasteiger partial charge < -0.3 is 10.5 Å². The zero-order chi connectivity index (χ0) is 8.10. The van der Waals surface area contributed by atoms with Crippen molar-refractivity contribution in [2.24, 2.45) is 17.6 Å². The second kappa shape index (κ2) is 4.73. The average Bonchev–Trinajstić information content (AvgIpc) is 2.40. The van der Waals surface area contributed by atoms with Crippen LogP contribution >= 0.6 is 0 Å². The van der Waals surface area contributed by atoms with E-state index in [0.29, 0.717) is 0 Å². The first kappa shape index (κ1) is 9.01. The summed E-state index contributed by atoms with van der Waals surface area (Å²) in [5, 5.41) is 0. The molecule has 0 aromatic heterocycles. The largest absolute Gasteiger partial charge is 0.381 e. The number of rotatable bonds is 4. The van der Waals surface area contributed by atoms with Gasteiger partial charge in [0.2, 0.25) is 0 Å². The lowest BCUT2D eigenvalue weighted by molar-refractivity contribution is 0.180. The van der Waals surface area contributed by atoms with Crippen LogP contribution in [0.5, 0.6) is 0 Å². The topological polar surface area (TPSA) is 35.2 Å². The molecule has 0 aliphatic carbocycles. The number of ether oxygens (including phenoxy) is 1. The molecular weight excluding hydrogens is 138 g/mol. The molecule has 1 aliphatic rings. The van der Waals surface area contributed by atoms with Crippen LogP contribution in [0.3, 0.4) is 0 Å². The number of hydrogen-bond acceptors (Lipinski definition) is 2. The second-order valence-electron chi connectivity index (χ2n) is 3.65. The SMILES string of the molecule is CC(CCN)CC1CCOC1. The third-order valence-corrected chi connectivity index (χ3v) is 2.42. The van der Waals surface area contributed by atoms with E-state index in [-0.39, 0.29) is 0 Å². The van der Waals surface area contributed by atoms with Crippen LogP contribution in [0.2, 0.25) is 0 Å². The normalized spacial score (nSPS) is 27.3. The van der Waals surface area contributed by atoms with E-state index in [4.69, 9.17) is 10.5 Å². The molecule has 0 aromatic rings. The lowest BCUT2D eigenvalue weighted by Crippen LogP contribution is -2.10. The first-order valence-electron chi connectivity index (χ1n) is 4.60. The number of nitrogens with two attached hydrogens (primary N) is 1. The molecule has 0 amide bonds. The van der Waals surface area contributed by atoms with Gasteiger partial charge in [-0.2, -0.15) is 0 Å². The van der Waals surface area contributed by atoms with Crippen LogP contribution in [0.4, 0.5) is 0 Å². The molecule has 1 saturated heterocycles. The van der Waals surface area contributed by atoms with Gasteiger partial charge in [0.1, 0.15) is 0 Å². The minimum absolute atomic E-state index is 0.784. The van der Waals surface area contributed by atoms with Gasteiger partial charge in [-0.15, -0.1) is 0 Å². The molecule has 2 heteroatoms. The summed E-state index contributed by atoms with van der Waals surface area (Å²) < 4.78 is 5.30. The van der Waals surface area contributed by atoms with E-state index >= 15 is 0 Å². The van der Waals surface area contributed by atoms with Crippen molar-refractivity contribution in [1.29, 1.82) is 0 Å². The highest BCUT2D eigenvalue weighted by molar-refractivity contribution is 4.67. The van der Waals surface area contributed by atoms with Gasteiger partial charge in [0.15, 0.2) is 0 Å². The molecule has 2 nitrogen and oxygen atoms in total. The monoisotopic (exact) mass is 157 g/mol. The van der Waals surface area contributed by atoms with E-state index in [0.717, 1.165) is 38.0 Å². The second-order valence-corrected chi connectivity index (χ2v) is 3.65. The molecule has 0 radical (unpaired) electrons. The fraction of sp³-hybridized carbons (Fsp3) is 1.00. The van der Waals surface area contributed by atoms with E-state index in [1.54, 1.807) is 0 Å². The van der Waals surface area contributed by atoms with Crippen LogP contribution in [0.1, 0.15) is 26.2 Å². The standard InChI is InChI=1S/C9H19NO/c1-8(2-4-10)6-9-3-5-11-7-9/h8-9H,2-7,10H2,1H3. The van der Waals surface area contributed by atoms with E-state index < -0.39 is 0 Å². The minimum Gasteiger partial charge on any atom is -0.381 e. The van der Waals surface area contributed by atoms with E-state index in [1.165, 1.54) is 12.8 Å². The van der Waals surface area contributed by atoms with Crippen LogP contribution in [-0.2, 0) is 4.74 Å². The van der Waals surface area contributed by atoms with Gasteiger partial charge >= 0.3 is 0 Å². The number of hydrogen-bond donors (Lipinski definition) is 1. The van der Waals surface area contributed by atoms with Gasteiger partial charge in [0, 0.05) is 13.2 Å². The van der Waals surface area contributed by atoms with Crippen molar-refractivity contribution in [2.45, 2.75) is 26.2 Å². The van der Waals surface area contributed by atoms with Gasteiger partial charge in [0.05, 0.1) is 0 Å². The van der Waals surface area contributed by atoms with Gasteiger partial charge in [-0.3, -0.25) is 0 Å². The summed E-state index contributed by atoms with van der Waals surface area (Å²) >= 11 is 0. The zero-order valence-electron chi connectivity index (χ0n) is 7.38. The van der Waals surface area contributed by atoms with Gasteiger partial charge in [-0.25, -0.2) is 0 Å². The Morgan fingerprint density at radius 2 is 2.45 bits per heavy atom. The maximum absolute atomic E-state index is 5.47. The Hall–Kier alpha value is -0.0800. The van der Waals surface area contributed by atoms with Crippen molar-refractivity contribution >= 4 is 0 Å². The molecule has 0 saturated carbocycles. The lowest BCUT2D eigenvalue weighted by atomic mass is 9.93. The van der Waals surface area contributed by atoms with Crippen LogP contribution in [0.25, 0.3) is 0 Å². The Kier molecular flexibility index (Phi) is 3.87. The Labute approximate surface area is 69.1 Å². The molecule has 11 heavy (non-hydrogen) atoms. The van der Waals surface area contributed by atoms with Gasteiger partial charge in [0.25, 0.3) is 0 Å². The maximum Gasteiger partial charge on any atom is 0.0495 e. The highest BCUT2D eigenvalue weighted by Gasteiger charge is 2.17. The van der Waals surface area contributed by atoms with Crippen LogP contribution in [-0.4, -0.2) is 19.8 Å². The first-order chi connectivity index (χ1) is 5.33. The summed E-state index contributed by atoms with van der Waals surface area (Å²) in [6.07, 6.45) is 3.72. The molecule has 66 valence electrons. The predicted octanol–water partition coefficient (Wildman–Crippen LogP) is 1.40. The van der Waals surface area contributed by atoms with Crippen molar-refractivity contribution in [3.8, 4) is 0 Å². The van der Waals surface area contributed by atoms with Gasteiger partial charge in [-0.1, -0.05) is 6.92 Å². The van der Waals surface area contributed by atoms with Crippen LogP contribution < -0.4 is 5.73 Å². The summed E-state index contributed by atoms with van der Waals surface area (Å²) in [5.41, 5.74) is 5.47.